The Morgan fingerprint density at radius 2 is 1.95 bits per heavy atom. The maximum absolute atomic E-state index is 12.3. The molecule has 6 heteroatoms. The number of benzene rings is 1. The number of esters is 1. The van der Waals surface area contributed by atoms with E-state index in [0.717, 1.165) is 0 Å². The van der Waals surface area contributed by atoms with E-state index in [9.17, 15) is 14.4 Å². The van der Waals surface area contributed by atoms with E-state index in [0.29, 0.717) is 5.70 Å². The summed E-state index contributed by atoms with van der Waals surface area (Å²) in [7, 11) is 1.47. The van der Waals surface area contributed by atoms with E-state index < -0.39 is 18.0 Å². The van der Waals surface area contributed by atoms with Crippen molar-refractivity contribution in [3.63, 3.8) is 0 Å². The average Bonchev–Trinajstić information content (AvgIpc) is 2.47. The Morgan fingerprint density at radius 3 is 2.64 bits per heavy atom. The second-order valence-corrected chi connectivity index (χ2v) is 4.56. The predicted molar refractivity (Wildman–Crippen MR) is 78.2 cm³/mol. The standard InChI is InChI=1S/C16H15NO5/c1-10(18)22-14-6-4-3-5-12(14)16(20)17-13-9-11(19)7-8-15(13)21-2/h3-9,15H,1-2H3,(H,17,20)/t15-/m0/s1. The highest BCUT2D eigenvalue weighted by molar-refractivity contribution is 6.03. The number of rotatable bonds is 4. The predicted octanol–water partition coefficient (Wildman–Crippen LogP) is 1.38. The van der Waals surface area contributed by atoms with Crippen LogP contribution in [-0.4, -0.2) is 30.9 Å². The first-order valence-electron chi connectivity index (χ1n) is 6.56. The SMILES string of the molecule is CO[C@H]1C=CC(=O)C=C1NC(=O)c1ccccc1OC(C)=O. The molecule has 114 valence electrons. The van der Waals surface area contributed by atoms with Crippen LogP contribution in [-0.2, 0) is 14.3 Å². The normalized spacial score (nSPS) is 16.9. The highest BCUT2D eigenvalue weighted by Crippen LogP contribution is 2.19. The van der Waals surface area contributed by atoms with E-state index in [1.807, 2.05) is 0 Å². The minimum Gasteiger partial charge on any atom is -0.426 e. The summed E-state index contributed by atoms with van der Waals surface area (Å²) in [6.07, 6.45) is 3.70. The quantitative estimate of drug-likeness (QED) is 0.671. The summed E-state index contributed by atoms with van der Waals surface area (Å²) in [5, 5.41) is 2.61. The lowest BCUT2D eigenvalue weighted by molar-refractivity contribution is -0.131. The number of para-hydroxylation sites is 1. The molecule has 1 N–H and O–H groups in total. The van der Waals surface area contributed by atoms with Crippen LogP contribution < -0.4 is 10.1 Å². The lowest BCUT2D eigenvalue weighted by Gasteiger charge is -2.19. The van der Waals surface area contributed by atoms with Crippen molar-refractivity contribution in [1.82, 2.24) is 5.32 Å². The average molecular weight is 301 g/mol. The molecule has 0 fully saturated rings. The molecule has 0 saturated carbocycles. The van der Waals surface area contributed by atoms with Crippen LogP contribution in [0.3, 0.4) is 0 Å². The fraction of sp³-hybridized carbons (Fsp3) is 0.188. The van der Waals surface area contributed by atoms with Gasteiger partial charge in [-0.05, 0) is 24.3 Å². The number of hydrogen-bond donors (Lipinski definition) is 1. The number of nitrogens with one attached hydrogen (secondary N) is 1. The molecule has 0 spiro atoms. The minimum atomic E-state index is -0.523. The molecule has 1 aromatic carbocycles. The lowest BCUT2D eigenvalue weighted by atomic mass is 10.1. The molecule has 0 aliphatic heterocycles. The molecular formula is C16H15NO5. The van der Waals surface area contributed by atoms with Crippen molar-refractivity contribution in [2.45, 2.75) is 13.0 Å². The maximum atomic E-state index is 12.3. The second-order valence-electron chi connectivity index (χ2n) is 4.56. The smallest absolute Gasteiger partial charge is 0.308 e. The number of hydrogen-bond acceptors (Lipinski definition) is 5. The summed E-state index contributed by atoms with van der Waals surface area (Å²) in [4.78, 5) is 34.9. The van der Waals surface area contributed by atoms with Crippen LogP contribution in [0.25, 0.3) is 0 Å². The third kappa shape index (κ3) is 3.67. The Morgan fingerprint density at radius 1 is 1.23 bits per heavy atom. The van der Waals surface area contributed by atoms with Gasteiger partial charge in [0.15, 0.2) is 5.78 Å². The van der Waals surface area contributed by atoms with Gasteiger partial charge in [-0.3, -0.25) is 14.4 Å². The summed E-state index contributed by atoms with van der Waals surface area (Å²) in [5.74, 6) is -1.10. The molecule has 1 aliphatic rings. The Hall–Kier alpha value is -2.73. The van der Waals surface area contributed by atoms with Crippen molar-refractivity contribution >= 4 is 17.7 Å². The number of methoxy groups -OCH3 is 1. The molecule has 0 bridgehead atoms. The van der Waals surface area contributed by atoms with Crippen LogP contribution in [0, 0.1) is 0 Å². The van der Waals surface area contributed by atoms with Crippen molar-refractivity contribution < 1.29 is 23.9 Å². The molecule has 0 heterocycles. The Balaban J connectivity index is 2.22. The van der Waals surface area contributed by atoms with Gasteiger partial charge in [0.1, 0.15) is 11.9 Å². The van der Waals surface area contributed by atoms with Gasteiger partial charge in [-0.15, -0.1) is 0 Å². The van der Waals surface area contributed by atoms with Crippen LogP contribution in [0.4, 0.5) is 0 Å². The number of amides is 1. The zero-order valence-electron chi connectivity index (χ0n) is 12.2. The van der Waals surface area contributed by atoms with Gasteiger partial charge in [0.05, 0.1) is 11.3 Å². The number of carbonyl (C=O) groups is 3. The molecule has 0 saturated heterocycles. The van der Waals surface area contributed by atoms with Crippen molar-refractivity contribution in [2.75, 3.05) is 7.11 Å². The van der Waals surface area contributed by atoms with Gasteiger partial charge < -0.3 is 14.8 Å². The van der Waals surface area contributed by atoms with Crippen molar-refractivity contribution in [2.24, 2.45) is 0 Å². The van der Waals surface area contributed by atoms with Crippen molar-refractivity contribution in [1.29, 1.82) is 0 Å². The number of ketones is 1. The van der Waals surface area contributed by atoms with Gasteiger partial charge in [-0.25, -0.2) is 0 Å². The van der Waals surface area contributed by atoms with Crippen LogP contribution in [0.2, 0.25) is 0 Å². The number of ether oxygens (including phenoxy) is 2. The molecule has 1 atom stereocenters. The monoisotopic (exact) mass is 301 g/mol. The van der Waals surface area contributed by atoms with Gasteiger partial charge in [0, 0.05) is 20.1 Å². The molecule has 0 aromatic heterocycles. The molecule has 0 unspecified atom stereocenters. The minimum absolute atomic E-state index is 0.153. The molecule has 1 amide bonds. The summed E-state index contributed by atoms with van der Waals surface area (Å²) < 4.78 is 10.2. The highest BCUT2D eigenvalue weighted by atomic mass is 16.5. The van der Waals surface area contributed by atoms with Gasteiger partial charge in [-0.2, -0.15) is 0 Å². The molecule has 0 radical (unpaired) electrons. The third-order valence-electron chi connectivity index (χ3n) is 2.94. The molecule has 6 nitrogen and oxygen atoms in total. The Labute approximate surface area is 127 Å². The molecular weight excluding hydrogens is 286 g/mol. The largest absolute Gasteiger partial charge is 0.426 e. The van der Waals surface area contributed by atoms with E-state index in [1.54, 1.807) is 18.2 Å². The van der Waals surface area contributed by atoms with Gasteiger partial charge >= 0.3 is 5.97 Å². The van der Waals surface area contributed by atoms with Gasteiger partial charge in [-0.1, -0.05) is 12.1 Å². The zero-order chi connectivity index (χ0) is 16.1. The summed E-state index contributed by atoms with van der Waals surface area (Å²) in [6, 6.07) is 6.34. The van der Waals surface area contributed by atoms with Gasteiger partial charge in [0.25, 0.3) is 5.91 Å². The Bertz CT molecular complexity index is 675. The molecule has 2 rings (SSSR count). The fourth-order valence-corrected chi connectivity index (χ4v) is 1.98. The maximum Gasteiger partial charge on any atom is 0.308 e. The fourth-order valence-electron chi connectivity index (χ4n) is 1.98. The van der Waals surface area contributed by atoms with Crippen LogP contribution in [0.15, 0.2) is 48.2 Å². The summed E-state index contributed by atoms with van der Waals surface area (Å²) in [5.41, 5.74) is 0.521. The first-order chi connectivity index (χ1) is 10.5. The second kappa shape index (κ2) is 6.82. The van der Waals surface area contributed by atoms with E-state index in [2.05, 4.69) is 5.32 Å². The van der Waals surface area contributed by atoms with E-state index >= 15 is 0 Å². The third-order valence-corrected chi connectivity index (χ3v) is 2.94. The first kappa shape index (κ1) is 15.7. The van der Waals surface area contributed by atoms with Crippen LogP contribution >= 0.6 is 0 Å². The first-order valence-corrected chi connectivity index (χ1v) is 6.56. The molecule has 1 aliphatic carbocycles. The summed E-state index contributed by atoms with van der Waals surface area (Å²) >= 11 is 0. The van der Waals surface area contributed by atoms with E-state index in [4.69, 9.17) is 9.47 Å². The number of carbonyl (C=O) groups excluding carboxylic acids is 3. The van der Waals surface area contributed by atoms with Crippen molar-refractivity contribution in [3.8, 4) is 5.75 Å². The van der Waals surface area contributed by atoms with Gasteiger partial charge in [0.2, 0.25) is 0 Å². The Kier molecular flexibility index (Phi) is 4.85. The highest BCUT2D eigenvalue weighted by Gasteiger charge is 2.21. The zero-order valence-corrected chi connectivity index (χ0v) is 12.2. The van der Waals surface area contributed by atoms with E-state index in [1.165, 1.54) is 38.3 Å². The van der Waals surface area contributed by atoms with Crippen molar-refractivity contribution in [3.05, 3.63) is 53.8 Å². The topological polar surface area (TPSA) is 81.7 Å². The van der Waals surface area contributed by atoms with Crippen LogP contribution in [0.5, 0.6) is 5.75 Å². The van der Waals surface area contributed by atoms with Crippen LogP contribution in [0.1, 0.15) is 17.3 Å². The molecule has 22 heavy (non-hydrogen) atoms. The summed E-state index contributed by atoms with van der Waals surface area (Å²) in [6.45, 7) is 1.25. The number of allylic oxidation sites excluding steroid dienone is 2. The lowest BCUT2D eigenvalue weighted by Crippen LogP contribution is -2.32. The van der Waals surface area contributed by atoms with E-state index in [-0.39, 0.29) is 17.1 Å². The molecule has 1 aromatic rings.